The number of benzene rings is 1. The maximum Gasteiger partial charge on any atom is 0.331 e. The van der Waals surface area contributed by atoms with Crippen molar-refractivity contribution in [2.45, 2.75) is 0 Å². The first-order valence-corrected chi connectivity index (χ1v) is 7.49. The Hall–Kier alpha value is -1.72. The zero-order chi connectivity index (χ0) is 14.4. The van der Waals surface area contributed by atoms with Gasteiger partial charge in [-0.15, -0.1) is 11.3 Å². The Morgan fingerprint density at radius 3 is 2.60 bits per heavy atom. The van der Waals surface area contributed by atoms with Crippen LogP contribution in [0.25, 0.3) is 6.08 Å². The molecule has 1 heterocycles. The van der Waals surface area contributed by atoms with Gasteiger partial charge in [-0.05, 0) is 35.2 Å². The summed E-state index contributed by atoms with van der Waals surface area (Å²) in [5, 5.41) is 1.81. The third-order valence-corrected chi connectivity index (χ3v) is 3.86. The number of esters is 1. The molecule has 0 bridgehead atoms. The van der Waals surface area contributed by atoms with Crippen LogP contribution >= 0.6 is 27.3 Å². The lowest BCUT2D eigenvalue weighted by atomic mass is 10.2. The summed E-state index contributed by atoms with van der Waals surface area (Å²) in [6.45, 7) is -0.232. The molecule has 0 unspecified atom stereocenters. The van der Waals surface area contributed by atoms with Crippen molar-refractivity contribution in [3.63, 3.8) is 0 Å². The quantitative estimate of drug-likeness (QED) is 0.465. The van der Waals surface area contributed by atoms with Crippen LogP contribution in [0.4, 0.5) is 0 Å². The van der Waals surface area contributed by atoms with Crippen LogP contribution in [-0.4, -0.2) is 18.4 Å². The van der Waals surface area contributed by atoms with Gasteiger partial charge in [0, 0.05) is 10.5 Å². The lowest BCUT2D eigenvalue weighted by Crippen LogP contribution is -2.11. The fraction of sp³-hybridized carbons (Fsp3) is 0.0667. The molecule has 0 amide bonds. The molecule has 1 aromatic heterocycles. The molecule has 2 rings (SSSR count). The van der Waals surface area contributed by atoms with E-state index in [9.17, 15) is 9.59 Å². The van der Waals surface area contributed by atoms with Crippen LogP contribution in [0, 0.1) is 0 Å². The van der Waals surface area contributed by atoms with E-state index in [4.69, 9.17) is 4.74 Å². The molecule has 5 heteroatoms. The molecule has 0 saturated carbocycles. The second kappa shape index (κ2) is 7.17. The minimum absolute atomic E-state index is 0.189. The number of halogens is 1. The summed E-state index contributed by atoms with van der Waals surface area (Å²) in [6, 6.07) is 11.0. The highest BCUT2D eigenvalue weighted by Crippen LogP contribution is 2.12. The molecule has 3 nitrogen and oxygen atoms in total. The fourth-order valence-electron chi connectivity index (χ4n) is 1.43. The molecule has 20 heavy (non-hydrogen) atoms. The van der Waals surface area contributed by atoms with Crippen molar-refractivity contribution in [1.29, 1.82) is 0 Å². The minimum Gasteiger partial charge on any atom is -0.454 e. The van der Waals surface area contributed by atoms with Crippen LogP contribution in [0.5, 0.6) is 0 Å². The first-order chi connectivity index (χ1) is 9.65. The summed E-state index contributed by atoms with van der Waals surface area (Å²) in [7, 11) is 0. The average Bonchev–Trinajstić information content (AvgIpc) is 2.98. The fourth-order valence-corrected chi connectivity index (χ4v) is 2.35. The molecule has 102 valence electrons. The highest BCUT2D eigenvalue weighted by atomic mass is 79.9. The van der Waals surface area contributed by atoms with Crippen LogP contribution in [-0.2, 0) is 9.53 Å². The normalized spacial score (nSPS) is 10.7. The minimum atomic E-state index is -0.530. The van der Waals surface area contributed by atoms with Gasteiger partial charge in [0.15, 0.2) is 6.61 Å². The van der Waals surface area contributed by atoms with Gasteiger partial charge in [-0.25, -0.2) is 4.79 Å². The summed E-state index contributed by atoms with van der Waals surface area (Å²) >= 11 is 4.66. The molecule has 0 saturated heterocycles. The molecule has 0 aliphatic heterocycles. The zero-order valence-electron chi connectivity index (χ0n) is 10.4. The topological polar surface area (TPSA) is 43.4 Å². The number of hydrogen-bond donors (Lipinski definition) is 0. The number of rotatable bonds is 5. The number of carbonyl (C=O) groups is 2. The Bertz CT molecular complexity index is 615. The van der Waals surface area contributed by atoms with Gasteiger partial charge in [0.1, 0.15) is 0 Å². The number of ketones is 1. The lowest BCUT2D eigenvalue weighted by Gasteiger charge is -1.99. The van der Waals surface area contributed by atoms with Crippen molar-refractivity contribution >= 4 is 45.1 Å². The number of ether oxygens (including phenoxy) is 1. The molecular formula is C15H11BrO3S. The van der Waals surface area contributed by atoms with Gasteiger partial charge in [0.05, 0.1) is 4.88 Å². The Labute approximate surface area is 129 Å². The summed E-state index contributed by atoms with van der Waals surface area (Å²) in [5.74, 6) is -0.719. The lowest BCUT2D eigenvalue weighted by molar-refractivity contribution is -0.136. The third-order valence-electron chi connectivity index (χ3n) is 2.42. The van der Waals surface area contributed by atoms with Crippen molar-refractivity contribution in [3.05, 3.63) is 62.8 Å². The average molecular weight is 351 g/mol. The van der Waals surface area contributed by atoms with E-state index < -0.39 is 5.97 Å². The smallest absolute Gasteiger partial charge is 0.331 e. The molecule has 0 atom stereocenters. The van der Waals surface area contributed by atoms with Gasteiger partial charge < -0.3 is 4.74 Å². The van der Waals surface area contributed by atoms with Crippen LogP contribution in [0.1, 0.15) is 15.2 Å². The zero-order valence-corrected chi connectivity index (χ0v) is 12.8. The number of Topliss-reactive ketones (excluding diaryl/α,β-unsaturated/α-hetero) is 1. The maximum absolute atomic E-state index is 11.6. The third kappa shape index (κ3) is 4.43. The van der Waals surface area contributed by atoms with E-state index in [2.05, 4.69) is 15.9 Å². The van der Waals surface area contributed by atoms with Gasteiger partial charge in [-0.1, -0.05) is 34.1 Å². The van der Waals surface area contributed by atoms with E-state index in [1.165, 1.54) is 17.4 Å². The van der Waals surface area contributed by atoms with Crippen molar-refractivity contribution in [2.24, 2.45) is 0 Å². The van der Waals surface area contributed by atoms with Crippen LogP contribution < -0.4 is 0 Å². The van der Waals surface area contributed by atoms with Gasteiger partial charge in [0.25, 0.3) is 0 Å². The van der Waals surface area contributed by atoms with Crippen LogP contribution in [0.3, 0.4) is 0 Å². The Kier molecular flexibility index (Phi) is 5.26. The van der Waals surface area contributed by atoms with Crippen molar-refractivity contribution in [2.75, 3.05) is 6.61 Å². The summed E-state index contributed by atoms with van der Waals surface area (Å²) in [6.07, 6.45) is 2.95. The standard InChI is InChI=1S/C15H11BrO3S/c16-12-6-3-11(4-7-12)5-8-15(18)19-10-13(17)14-2-1-9-20-14/h1-9H,10H2/b8-5+. The Morgan fingerprint density at radius 1 is 1.20 bits per heavy atom. The first-order valence-electron chi connectivity index (χ1n) is 5.82. The van der Waals surface area contributed by atoms with Crippen molar-refractivity contribution < 1.29 is 14.3 Å². The van der Waals surface area contributed by atoms with E-state index in [0.29, 0.717) is 4.88 Å². The summed E-state index contributed by atoms with van der Waals surface area (Å²) < 4.78 is 5.87. The summed E-state index contributed by atoms with van der Waals surface area (Å²) in [5.41, 5.74) is 0.884. The predicted octanol–water partition coefficient (Wildman–Crippen LogP) is 3.95. The van der Waals surface area contributed by atoms with Crippen molar-refractivity contribution in [3.8, 4) is 0 Å². The number of thiophene rings is 1. The second-order valence-corrected chi connectivity index (χ2v) is 5.76. The molecule has 0 aliphatic carbocycles. The van der Waals surface area contributed by atoms with E-state index in [1.54, 1.807) is 18.2 Å². The predicted molar refractivity (Wildman–Crippen MR) is 82.8 cm³/mol. The first kappa shape index (κ1) is 14.7. The van der Waals surface area contributed by atoms with Gasteiger partial charge >= 0.3 is 5.97 Å². The molecule has 0 aliphatic rings. The molecule has 0 N–H and O–H groups in total. The molecule has 0 radical (unpaired) electrons. The Balaban J connectivity index is 1.83. The van der Waals surface area contributed by atoms with E-state index in [1.807, 2.05) is 29.6 Å². The molecule has 0 spiro atoms. The van der Waals surface area contributed by atoms with E-state index in [-0.39, 0.29) is 12.4 Å². The second-order valence-electron chi connectivity index (χ2n) is 3.89. The highest BCUT2D eigenvalue weighted by molar-refractivity contribution is 9.10. The molecule has 2 aromatic rings. The highest BCUT2D eigenvalue weighted by Gasteiger charge is 2.08. The van der Waals surface area contributed by atoms with Gasteiger partial charge in [0.2, 0.25) is 5.78 Å². The number of hydrogen-bond acceptors (Lipinski definition) is 4. The molecular weight excluding hydrogens is 340 g/mol. The summed E-state index contributed by atoms with van der Waals surface area (Å²) in [4.78, 5) is 23.7. The monoisotopic (exact) mass is 350 g/mol. The van der Waals surface area contributed by atoms with Gasteiger partial charge in [-0.3, -0.25) is 4.79 Å². The number of carbonyl (C=O) groups excluding carboxylic acids is 2. The van der Waals surface area contributed by atoms with E-state index in [0.717, 1.165) is 10.0 Å². The Morgan fingerprint density at radius 2 is 1.95 bits per heavy atom. The largest absolute Gasteiger partial charge is 0.454 e. The molecule has 1 aromatic carbocycles. The van der Waals surface area contributed by atoms with Crippen LogP contribution in [0.2, 0.25) is 0 Å². The van der Waals surface area contributed by atoms with E-state index >= 15 is 0 Å². The molecule has 0 fully saturated rings. The van der Waals surface area contributed by atoms with Gasteiger partial charge in [-0.2, -0.15) is 0 Å². The van der Waals surface area contributed by atoms with Crippen molar-refractivity contribution in [1.82, 2.24) is 0 Å². The maximum atomic E-state index is 11.6. The van der Waals surface area contributed by atoms with Crippen LogP contribution in [0.15, 0.2) is 52.3 Å². The SMILES string of the molecule is O=C(/C=C/c1ccc(Br)cc1)OCC(=O)c1cccs1.